The van der Waals surface area contributed by atoms with Gasteiger partial charge in [-0.15, -0.1) is 6.58 Å². The molecule has 28 heavy (non-hydrogen) atoms. The summed E-state index contributed by atoms with van der Waals surface area (Å²) in [4.78, 5) is 0. The van der Waals surface area contributed by atoms with Gasteiger partial charge in [0, 0.05) is 0 Å². The maximum absolute atomic E-state index is 14.7. The minimum Gasteiger partial charge on any atom is -0.432 e. The highest BCUT2D eigenvalue weighted by molar-refractivity contribution is 5.84. The average Bonchev–Trinajstić information content (AvgIpc) is 2.67. The Bertz CT molecular complexity index is 807. The van der Waals surface area contributed by atoms with Crippen LogP contribution in [-0.2, 0) is 6.42 Å². The summed E-state index contributed by atoms with van der Waals surface area (Å²) in [7, 11) is 0. The van der Waals surface area contributed by atoms with Crippen molar-refractivity contribution in [2.75, 3.05) is 0 Å². The molecule has 0 aliphatic heterocycles. The van der Waals surface area contributed by atoms with E-state index in [0.717, 1.165) is 31.1 Å². The molecular formula is C24H29F3O. The van der Waals surface area contributed by atoms with Crippen molar-refractivity contribution in [3.8, 4) is 5.75 Å². The van der Waals surface area contributed by atoms with Gasteiger partial charge in [0.25, 0.3) is 0 Å². The van der Waals surface area contributed by atoms with E-state index in [-0.39, 0.29) is 11.6 Å². The molecule has 0 heterocycles. The molecule has 2 aromatic carbocycles. The van der Waals surface area contributed by atoms with Crippen LogP contribution < -0.4 is 4.74 Å². The van der Waals surface area contributed by atoms with Crippen molar-refractivity contribution in [1.82, 2.24) is 0 Å². The number of ether oxygens (including phenoxy) is 1. The summed E-state index contributed by atoms with van der Waals surface area (Å²) in [6.07, 6.45) is 4.69. The van der Waals surface area contributed by atoms with E-state index < -0.39 is 12.0 Å². The van der Waals surface area contributed by atoms with Crippen LogP contribution in [0.5, 0.6) is 5.75 Å². The Morgan fingerprint density at radius 3 is 2.54 bits per heavy atom. The third kappa shape index (κ3) is 4.89. The molecule has 0 radical (unpaired) electrons. The van der Waals surface area contributed by atoms with Gasteiger partial charge in [-0.05, 0) is 85.0 Å². The second-order valence-electron chi connectivity index (χ2n) is 7.95. The van der Waals surface area contributed by atoms with E-state index in [9.17, 15) is 13.2 Å². The number of aryl methyl sites for hydroxylation is 1. The van der Waals surface area contributed by atoms with Gasteiger partial charge >= 0.3 is 6.11 Å². The molecule has 1 saturated carbocycles. The van der Waals surface area contributed by atoms with Gasteiger partial charge in [0.15, 0.2) is 0 Å². The van der Waals surface area contributed by atoms with Gasteiger partial charge in [0.05, 0.1) is 5.92 Å². The summed E-state index contributed by atoms with van der Waals surface area (Å²) < 4.78 is 48.8. The van der Waals surface area contributed by atoms with E-state index in [1.54, 1.807) is 24.3 Å². The molecule has 0 unspecified atom stereocenters. The Hall–Kier alpha value is -1.97. The normalized spacial score (nSPS) is 20.3. The smallest absolute Gasteiger partial charge is 0.400 e. The predicted octanol–water partition coefficient (Wildman–Crippen LogP) is 7.68. The summed E-state index contributed by atoms with van der Waals surface area (Å²) in [6, 6.07) is 7.94. The molecular weight excluding hydrogens is 361 g/mol. The number of hydrogen-bond donors (Lipinski definition) is 0. The molecule has 0 amide bonds. The number of benzene rings is 2. The number of halogens is 3. The van der Waals surface area contributed by atoms with Gasteiger partial charge in [-0.1, -0.05) is 31.9 Å². The van der Waals surface area contributed by atoms with Crippen molar-refractivity contribution in [3.63, 3.8) is 0 Å². The lowest BCUT2D eigenvalue weighted by atomic mass is 9.79. The van der Waals surface area contributed by atoms with Gasteiger partial charge < -0.3 is 4.74 Å². The summed E-state index contributed by atoms with van der Waals surface area (Å²) in [5.74, 6) is -0.427. The minimum atomic E-state index is -3.20. The highest BCUT2D eigenvalue weighted by atomic mass is 19.3. The molecule has 4 heteroatoms. The Morgan fingerprint density at radius 1 is 1.11 bits per heavy atom. The average molecular weight is 390 g/mol. The molecule has 0 aromatic heterocycles. The first-order valence-electron chi connectivity index (χ1n) is 10.3. The first kappa shape index (κ1) is 20.8. The maximum Gasteiger partial charge on any atom is 0.400 e. The second-order valence-corrected chi connectivity index (χ2v) is 7.95. The molecule has 0 saturated heterocycles. The topological polar surface area (TPSA) is 9.23 Å². The van der Waals surface area contributed by atoms with Crippen LogP contribution in [0.1, 0.15) is 57.4 Å². The first-order valence-corrected chi connectivity index (χ1v) is 10.3. The third-order valence-electron chi connectivity index (χ3n) is 5.87. The SMILES string of the molecule is C=CCCc1cc2ccc(OC(F)(F)C3CCC(CCC)CC3)cc2cc1F. The van der Waals surface area contributed by atoms with Crippen LogP contribution >= 0.6 is 0 Å². The van der Waals surface area contributed by atoms with Crippen LogP contribution in [0.25, 0.3) is 10.8 Å². The molecule has 0 bridgehead atoms. The van der Waals surface area contributed by atoms with Crippen molar-refractivity contribution in [3.05, 3.63) is 54.4 Å². The van der Waals surface area contributed by atoms with Crippen LogP contribution in [0.3, 0.4) is 0 Å². The molecule has 1 aliphatic carbocycles. The zero-order valence-corrected chi connectivity index (χ0v) is 16.5. The van der Waals surface area contributed by atoms with Gasteiger partial charge in [-0.2, -0.15) is 8.78 Å². The zero-order valence-electron chi connectivity index (χ0n) is 16.5. The molecule has 2 aromatic rings. The summed E-state index contributed by atoms with van der Waals surface area (Å²) in [6.45, 7) is 5.79. The molecule has 152 valence electrons. The van der Waals surface area contributed by atoms with Crippen molar-refractivity contribution in [2.24, 2.45) is 11.8 Å². The molecule has 0 spiro atoms. The molecule has 1 nitrogen and oxygen atoms in total. The number of rotatable bonds is 8. The molecule has 0 N–H and O–H groups in total. The van der Waals surface area contributed by atoms with Gasteiger partial charge in [-0.3, -0.25) is 0 Å². The van der Waals surface area contributed by atoms with Crippen molar-refractivity contribution in [2.45, 2.75) is 64.4 Å². The molecule has 1 aliphatic rings. The minimum absolute atomic E-state index is 0.0893. The van der Waals surface area contributed by atoms with E-state index in [1.165, 1.54) is 12.1 Å². The standard InChI is InChI=1S/C24H29F3O/c1-3-5-7-19-14-18-10-13-22(15-20(18)16-23(19)25)28-24(26,27)21-11-8-17(6-4-2)9-12-21/h3,10,13-17,21H,1,4-9,11-12H2,2H3. The Kier molecular flexibility index (Phi) is 6.69. The van der Waals surface area contributed by atoms with Crippen LogP contribution in [0.2, 0.25) is 0 Å². The molecule has 0 atom stereocenters. The van der Waals surface area contributed by atoms with Crippen molar-refractivity contribution < 1.29 is 17.9 Å². The maximum atomic E-state index is 14.7. The lowest BCUT2D eigenvalue weighted by Gasteiger charge is -2.33. The van der Waals surface area contributed by atoms with Gasteiger partial charge in [0.2, 0.25) is 0 Å². The van der Waals surface area contributed by atoms with E-state index in [0.29, 0.717) is 42.6 Å². The number of hydrogen-bond acceptors (Lipinski definition) is 1. The fourth-order valence-corrected chi connectivity index (χ4v) is 4.24. The van der Waals surface area contributed by atoms with E-state index in [1.807, 2.05) is 0 Å². The molecule has 1 fully saturated rings. The largest absolute Gasteiger partial charge is 0.432 e. The quantitative estimate of drug-likeness (QED) is 0.420. The summed E-state index contributed by atoms with van der Waals surface area (Å²) in [5, 5.41) is 1.39. The number of alkyl halides is 2. The monoisotopic (exact) mass is 390 g/mol. The Morgan fingerprint density at radius 2 is 1.86 bits per heavy atom. The Balaban J connectivity index is 1.72. The van der Waals surface area contributed by atoms with E-state index in [2.05, 4.69) is 13.5 Å². The van der Waals surface area contributed by atoms with Crippen molar-refractivity contribution in [1.29, 1.82) is 0 Å². The van der Waals surface area contributed by atoms with Crippen LogP contribution in [0, 0.1) is 17.7 Å². The highest BCUT2D eigenvalue weighted by Gasteiger charge is 2.43. The van der Waals surface area contributed by atoms with Crippen LogP contribution in [0.4, 0.5) is 13.2 Å². The van der Waals surface area contributed by atoms with Crippen molar-refractivity contribution >= 4 is 10.8 Å². The Labute approximate surface area is 165 Å². The van der Waals surface area contributed by atoms with E-state index >= 15 is 0 Å². The first-order chi connectivity index (χ1) is 13.4. The fraction of sp³-hybridized carbons (Fsp3) is 0.500. The molecule has 3 rings (SSSR count). The highest BCUT2D eigenvalue weighted by Crippen LogP contribution is 2.41. The predicted molar refractivity (Wildman–Crippen MR) is 108 cm³/mol. The number of fused-ring (bicyclic) bond motifs is 1. The van der Waals surface area contributed by atoms with Gasteiger partial charge in [0.1, 0.15) is 11.6 Å². The number of allylic oxidation sites excluding steroid dienone is 1. The zero-order chi connectivity index (χ0) is 20.1. The van der Waals surface area contributed by atoms with Gasteiger partial charge in [-0.25, -0.2) is 4.39 Å². The lowest BCUT2D eigenvalue weighted by Crippen LogP contribution is -2.37. The lowest BCUT2D eigenvalue weighted by molar-refractivity contribution is -0.223. The summed E-state index contributed by atoms with van der Waals surface area (Å²) in [5.41, 5.74) is 0.607. The summed E-state index contributed by atoms with van der Waals surface area (Å²) >= 11 is 0. The fourth-order valence-electron chi connectivity index (χ4n) is 4.24. The van der Waals surface area contributed by atoms with E-state index in [4.69, 9.17) is 4.74 Å². The van der Waals surface area contributed by atoms with Crippen LogP contribution in [-0.4, -0.2) is 6.11 Å². The third-order valence-corrected chi connectivity index (χ3v) is 5.87. The van der Waals surface area contributed by atoms with Crippen LogP contribution in [0.15, 0.2) is 43.0 Å². The second kappa shape index (κ2) is 9.02.